The van der Waals surface area contributed by atoms with Gasteiger partial charge in [0.25, 0.3) is 0 Å². The molecule has 0 unspecified atom stereocenters. The monoisotopic (exact) mass is 391 g/mol. The first-order valence-electron chi connectivity index (χ1n) is 10.2. The maximum absolute atomic E-state index is 14.1. The Balaban J connectivity index is 1.55. The first-order chi connectivity index (χ1) is 14.2. The molecule has 0 spiro atoms. The van der Waals surface area contributed by atoms with E-state index in [2.05, 4.69) is 22.0 Å². The number of rotatable bonds is 6. The highest BCUT2D eigenvalue weighted by molar-refractivity contribution is 5.62. The predicted molar refractivity (Wildman–Crippen MR) is 117 cm³/mol. The van der Waals surface area contributed by atoms with E-state index in [1.807, 2.05) is 48.5 Å². The second-order valence-electron chi connectivity index (χ2n) is 7.15. The van der Waals surface area contributed by atoms with Crippen LogP contribution in [0.4, 0.5) is 21.7 Å². The molecule has 29 heavy (non-hydrogen) atoms. The van der Waals surface area contributed by atoms with Gasteiger partial charge in [0.15, 0.2) is 5.82 Å². The summed E-state index contributed by atoms with van der Waals surface area (Å²) in [5.74, 6) is 2.30. The van der Waals surface area contributed by atoms with Gasteiger partial charge in [-0.2, -0.15) is 0 Å². The summed E-state index contributed by atoms with van der Waals surface area (Å²) in [6.45, 7) is 6.08. The highest BCUT2D eigenvalue weighted by Crippen LogP contribution is 2.25. The van der Waals surface area contributed by atoms with Crippen molar-refractivity contribution in [1.82, 2.24) is 9.97 Å². The van der Waals surface area contributed by atoms with Crippen LogP contribution in [-0.4, -0.2) is 42.7 Å². The van der Waals surface area contributed by atoms with Crippen molar-refractivity contribution in [2.75, 3.05) is 47.8 Å². The number of halogens is 1. The molecule has 0 amide bonds. The van der Waals surface area contributed by atoms with Crippen molar-refractivity contribution in [3.63, 3.8) is 0 Å². The van der Waals surface area contributed by atoms with Crippen molar-refractivity contribution in [1.29, 1.82) is 0 Å². The maximum Gasteiger partial charge on any atom is 0.163 e. The van der Waals surface area contributed by atoms with Crippen molar-refractivity contribution < 1.29 is 4.39 Å². The fourth-order valence-electron chi connectivity index (χ4n) is 3.54. The van der Waals surface area contributed by atoms with Crippen molar-refractivity contribution in [2.45, 2.75) is 13.3 Å². The minimum Gasteiger partial charge on any atom is -0.370 e. The van der Waals surface area contributed by atoms with E-state index in [-0.39, 0.29) is 5.82 Å². The average molecular weight is 391 g/mol. The number of para-hydroxylation sites is 1. The minimum atomic E-state index is -0.166. The molecule has 0 saturated carbocycles. The molecule has 4 rings (SSSR count). The molecule has 0 atom stereocenters. The summed E-state index contributed by atoms with van der Waals surface area (Å²) in [4.78, 5) is 13.9. The van der Waals surface area contributed by atoms with E-state index in [4.69, 9.17) is 9.97 Å². The van der Waals surface area contributed by atoms with E-state index >= 15 is 0 Å². The lowest BCUT2D eigenvalue weighted by Crippen LogP contribution is -2.47. The Morgan fingerprint density at radius 3 is 2.31 bits per heavy atom. The molecule has 0 aliphatic carbocycles. The molecule has 1 saturated heterocycles. The Labute approximate surface area is 171 Å². The van der Waals surface area contributed by atoms with Crippen LogP contribution in [0.2, 0.25) is 0 Å². The van der Waals surface area contributed by atoms with Crippen LogP contribution in [-0.2, 0) is 0 Å². The minimum absolute atomic E-state index is 0.166. The second-order valence-corrected chi connectivity index (χ2v) is 7.15. The molecule has 2 aromatic carbocycles. The van der Waals surface area contributed by atoms with Gasteiger partial charge in [0.1, 0.15) is 17.5 Å². The number of piperazine rings is 1. The smallest absolute Gasteiger partial charge is 0.163 e. The van der Waals surface area contributed by atoms with E-state index in [1.165, 1.54) is 6.07 Å². The number of aromatic nitrogens is 2. The third-order valence-corrected chi connectivity index (χ3v) is 5.10. The number of nitrogens with one attached hydrogen (secondary N) is 1. The normalized spacial score (nSPS) is 14.1. The van der Waals surface area contributed by atoms with Crippen molar-refractivity contribution in [2.24, 2.45) is 0 Å². The third kappa shape index (κ3) is 4.47. The number of anilines is 3. The van der Waals surface area contributed by atoms with E-state index < -0.39 is 0 Å². The SMILES string of the molecule is CCCNc1cc(N2CCN(c3ccccc3F)CC2)nc(-c2ccccc2)n1. The molecule has 0 radical (unpaired) electrons. The Hall–Kier alpha value is -3.15. The lowest BCUT2D eigenvalue weighted by atomic mass is 10.2. The van der Waals surface area contributed by atoms with Crippen LogP contribution in [0.3, 0.4) is 0 Å². The van der Waals surface area contributed by atoms with Crippen LogP contribution in [0.5, 0.6) is 0 Å². The summed E-state index contributed by atoms with van der Waals surface area (Å²) >= 11 is 0. The quantitative estimate of drug-likeness (QED) is 0.673. The van der Waals surface area contributed by atoms with Crippen LogP contribution in [0.1, 0.15) is 13.3 Å². The summed E-state index contributed by atoms with van der Waals surface area (Å²) in [6, 6.07) is 19.0. The van der Waals surface area contributed by atoms with Crippen molar-refractivity contribution >= 4 is 17.3 Å². The predicted octanol–water partition coefficient (Wildman–Crippen LogP) is 4.43. The summed E-state index contributed by atoms with van der Waals surface area (Å²) in [7, 11) is 0. The molecule has 1 N–H and O–H groups in total. The van der Waals surface area contributed by atoms with Gasteiger partial charge in [0.2, 0.25) is 0 Å². The van der Waals surface area contributed by atoms with Gasteiger partial charge < -0.3 is 15.1 Å². The zero-order valence-corrected chi connectivity index (χ0v) is 16.7. The first kappa shape index (κ1) is 19.2. The van der Waals surface area contributed by atoms with Crippen LogP contribution < -0.4 is 15.1 Å². The van der Waals surface area contributed by atoms with Crippen LogP contribution in [0.15, 0.2) is 60.7 Å². The van der Waals surface area contributed by atoms with Gasteiger partial charge in [-0.05, 0) is 18.6 Å². The van der Waals surface area contributed by atoms with Gasteiger partial charge in [0.05, 0.1) is 5.69 Å². The lowest BCUT2D eigenvalue weighted by molar-refractivity contribution is 0.596. The number of hydrogen-bond acceptors (Lipinski definition) is 5. The van der Waals surface area contributed by atoms with Gasteiger partial charge >= 0.3 is 0 Å². The van der Waals surface area contributed by atoms with Gasteiger partial charge in [0, 0.05) is 44.4 Å². The van der Waals surface area contributed by atoms with Crippen LogP contribution in [0, 0.1) is 5.82 Å². The van der Waals surface area contributed by atoms with Crippen LogP contribution >= 0.6 is 0 Å². The van der Waals surface area contributed by atoms with E-state index in [0.717, 1.165) is 62.2 Å². The zero-order chi connectivity index (χ0) is 20.1. The van der Waals surface area contributed by atoms with E-state index in [9.17, 15) is 4.39 Å². The molecule has 0 bridgehead atoms. The zero-order valence-electron chi connectivity index (χ0n) is 16.7. The molecule has 1 fully saturated rings. The highest BCUT2D eigenvalue weighted by atomic mass is 19.1. The fraction of sp³-hybridized carbons (Fsp3) is 0.304. The molecular formula is C23H26FN5. The Morgan fingerprint density at radius 2 is 1.59 bits per heavy atom. The van der Waals surface area contributed by atoms with Crippen molar-refractivity contribution in [3.8, 4) is 11.4 Å². The number of benzene rings is 2. The third-order valence-electron chi connectivity index (χ3n) is 5.10. The van der Waals surface area contributed by atoms with Crippen LogP contribution in [0.25, 0.3) is 11.4 Å². The lowest BCUT2D eigenvalue weighted by Gasteiger charge is -2.37. The molecule has 150 valence electrons. The van der Waals surface area contributed by atoms with E-state index in [0.29, 0.717) is 5.69 Å². The number of hydrogen-bond donors (Lipinski definition) is 1. The first-order valence-corrected chi connectivity index (χ1v) is 10.2. The largest absolute Gasteiger partial charge is 0.370 e. The number of nitrogens with zero attached hydrogens (tertiary/aromatic N) is 4. The summed E-state index contributed by atoms with van der Waals surface area (Å²) in [6.07, 6.45) is 1.03. The summed E-state index contributed by atoms with van der Waals surface area (Å²) < 4.78 is 14.1. The van der Waals surface area contributed by atoms with Gasteiger partial charge in [-0.1, -0.05) is 49.4 Å². The Kier molecular flexibility index (Phi) is 5.89. The fourth-order valence-corrected chi connectivity index (χ4v) is 3.54. The molecule has 2 heterocycles. The highest BCUT2D eigenvalue weighted by Gasteiger charge is 2.21. The van der Waals surface area contributed by atoms with Gasteiger partial charge in [-0.3, -0.25) is 0 Å². The second kappa shape index (κ2) is 8.90. The molecule has 3 aromatic rings. The van der Waals surface area contributed by atoms with Crippen molar-refractivity contribution in [3.05, 3.63) is 66.5 Å². The Bertz CT molecular complexity index is 939. The summed E-state index contributed by atoms with van der Waals surface area (Å²) in [5, 5.41) is 3.39. The molecule has 1 aliphatic heterocycles. The van der Waals surface area contributed by atoms with Gasteiger partial charge in [-0.25, -0.2) is 14.4 Å². The molecular weight excluding hydrogens is 365 g/mol. The van der Waals surface area contributed by atoms with Gasteiger partial charge in [-0.15, -0.1) is 0 Å². The molecule has 1 aliphatic rings. The maximum atomic E-state index is 14.1. The summed E-state index contributed by atoms with van der Waals surface area (Å²) in [5.41, 5.74) is 1.67. The topological polar surface area (TPSA) is 44.3 Å². The van der Waals surface area contributed by atoms with E-state index in [1.54, 1.807) is 6.07 Å². The Morgan fingerprint density at radius 1 is 0.897 bits per heavy atom. The average Bonchev–Trinajstić information content (AvgIpc) is 2.78. The standard InChI is InChI=1S/C23H26FN5/c1-2-12-25-21-17-22(27-23(26-21)18-8-4-3-5-9-18)29-15-13-28(14-16-29)20-11-7-6-10-19(20)24/h3-11,17H,2,12-16H2,1H3,(H,25,26,27). The molecule has 6 heteroatoms. The molecule has 5 nitrogen and oxygen atoms in total. The molecule has 1 aromatic heterocycles.